The lowest BCUT2D eigenvalue weighted by molar-refractivity contribution is -0.158. The number of nitrogens with zero attached hydrogens (tertiary/aromatic N) is 2. The minimum absolute atomic E-state index is 0.0913. The third-order valence-electron chi connectivity index (χ3n) is 3.38. The molecule has 2 aliphatic rings. The van der Waals surface area contributed by atoms with Crippen LogP contribution < -0.4 is 0 Å². The van der Waals surface area contributed by atoms with Crippen LogP contribution >= 0.6 is 0 Å². The molecule has 10 heteroatoms. The summed E-state index contributed by atoms with van der Waals surface area (Å²) in [6.07, 6.45) is -0.316. The lowest BCUT2D eigenvalue weighted by atomic mass is 10.2. The summed E-state index contributed by atoms with van der Waals surface area (Å²) in [5.41, 5.74) is 0. The van der Waals surface area contributed by atoms with Crippen LogP contribution in [0.1, 0.15) is 34.6 Å². The first-order valence-electron chi connectivity index (χ1n) is 8.98. The van der Waals surface area contributed by atoms with E-state index in [0.717, 1.165) is 0 Å². The number of aliphatic carboxylic acids is 2. The van der Waals surface area contributed by atoms with Crippen molar-refractivity contribution in [3.63, 3.8) is 0 Å². The minimum atomic E-state index is -1.02. The standard InChI is InChI=1S/C7H11NO4.C6H9NO4.2C2H6/c1-5(9)8-2-3-12-6(4-8)7(10)11;8-4-7-1-2-11-3-5(7)6(9)10;2*1-2/h6H,2-4H2,1H3,(H,10,11);4-5H,1-3H2,(H,9,10);2*1-2H3. The van der Waals surface area contributed by atoms with E-state index in [-0.39, 0.29) is 19.1 Å². The van der Waals surface area contributed by atoms with E-state index in [0.29, 0.717) is 32.7 Å². The number of carboxylic acids is 2. The lowest BCUT2D eigenvalue weighted by Crippen LogP contribution is -2.49. The van der Waals surface area contributed by atoms with E-state index in [4.69, 9.17) is 19.7 Å². The lowest BCUT2D eigenvalue weighted by Gasteiger charge is -2.29. The summed E-state index contributed by atoms with van der Waals surface area (Å²) in [6, 6.07) is -0.804. The maximum absolute atomic E-state index is 10.8. The van der Waals surface area contributed by atoms with Gasteiger partial charge >= 0.3 is 11.9 Å². The molecule has 27 heavy (non-hydrogen) atoms. The number of rotatable bonds is 3. The fraction of sp³-hybridized carbons (Fsp3) is 0.765. The predicted molar refractivity (Wildman–Crippen MR) is 97.3 cm³/mol. The van der Waals surface area contributed by atoms with Gasteiger partial charge in [0.2, 0.25) is 12.3 Å². The molecular formula is C17H32N2O8. The number of hydrogen-bond donors (Lipinski definition) is 2. The molecule has 2 rings (SSSR count). The Morgan fingerprint density at radius 2 is 1.59 bits per heavy atom. The number of amides is 2. The van der Waals surface area contributed by atoms with E-state index in [1.54, 1.807) is 0 Å². The van der Waals surface area contributed by atoms with Gasteiger partial charge in [0, 0.05) is 20.0 Å². The van der Waals surface area contributed by atoms with Crippen molar-refractivity contribution in [1.29, 1.82) is 0 Å². The van der Waals surface area contributed by atoms with Gasteiger partial charge in [-0.3, -0.25) is 9.59 Å². The molecule has 2 atom stereocenters. The van der Waals surface area contributed by atoms with Crippen molar-refractivity contribution in [2.75, 3.05) is 39.5 Å². The molecule has 0 aromatic rings. The van der Waals surface area contributed by atoms with Crippen LogP contribution in [-0.4, -0.2) is 95.9 Å². The molecule has 10 nitrogen and oxygen atoms in total. The monoisotopic (exact) mass is 392 g/mol. The van der Waals surface area contributed by atoms with Crippen molar-refractivity contribution in [1.82, 2.24) is 9.80 Å². The summed E-state index contributed by atoms with van der Waals surface area (Å²) in [5, 5.41) is 17.1. The van der Waals surface area contributed by atoms with Gasteiger partial charge in [-0.1, -0.05) is 27.7 Å². The van der Waals surface area contributed by atoms with Crippen LogP contribution in [0.2, 0.25) is 0 Å². The smallest absolute Gasteiger partial charge is 0.334 e. The highest BCUT2D eigenvalue weighted by Crippen LogP contribution is 2.05. The molecule has 2 heterocycles. The molecule has 0 bridgehead atoms. The van der Waals surface area contributed by atoms with Gasteiger partial charge in [-0.15, -0.1) is 0 Å². The van der Waals surface area contributed by atoms with Crippen molar-refractivity contribution in [3.05, 3.63) is 0 Å². The number of carboxylic acid groups (broad SMARTS) is 2. The van der Waals surface area contributed by atoms with Gasteiger partial charge in [0.05, 0.1) is 26.4 Å². The van der Waals surface area contributed by atoms with Crippen LogP contribution in [-0.2, 0) is 28.7 Å². The molecule has 2 unspecified atom stereocenters. The maximum atomic E-state index is 10.8. The summed E-state index contributed by atoms with van der Waals surface area (Å²) in [7, 11) is 0. The molecule has 2 aliphatic heterocycles. The first-order valence-corrected chi connectivity index (χ1v) is 8.98. The second kappa shape index (κ2) is 16.0. The highest BCUT2D eigenvalue weighted by Gasteiger charge is 2.28. The first kappa shape index (κ1) is 27.0. The van der Waals surface area contributed by atoms with Crippen molar-refractivity contribution in [3.8, 4) is 0 Å². The number of carbonyl (C=O) groups excluding carboxylic acids is 2. The molecule has 0 aliphatic carbocycles. The van der Waals surface area contributed by atoms with Crippen molar-refractivity contribution in [2.45, 2.75) is 46.8 Å². The van der Waals surface area contributed by atoms with E-state index in [2.05, 4.69) is 0 Å². The zero-order valence-electron chi connectivity index (χ0n) is 16.7. The predicted octanol–water partition coefficient (Wildman–Crippen LogP) is 0.299. The fourth-order valence-electron chi connectivity index (χ4n) is 2.04. The van der Waals surface area contributed by atoms with Crippen LogP contribution in [0.5, 0.6) is 0 Å². The Hall–Kier alpha value is -2.20. The van der Waals surface area contributed by atoms with Crippen molar-refractivity contribution in [2.24, 2.45) is 0 Å². The number of hydrogen-bond acceptors (Lipinski definition) is 6. The number of ether oxygens (including phenoxy) is 2. The largest absolute Gasteiger partial charge is 0.480 e. The molecule has 2 N–H and O–H groups in total. The van der Waals surface area contributed by atoms with E-state index < -0.39 is 24.1 Å². The molecule has 0 radical (unpaired) electrons. The number of carbonyl (C=O) groups is 4. The van der Waals surface area contributed by atoms with Crippen LogP contribution in [0.15, 0.2) is 0 Å². The molecule has 2 saturated heterocycles. The van der Waals surface area contributed by atoms with Crippen LogP contribution in [0.3, 0.4) is 0 Å². The van der Waals surface area contributed by atoms with E-state index in [1.807, 2.05) is 27.7 Å². The molecular weight excluding hydrogens is 360 g/mol. The van der Waals surface area contributed by atoms with Crippen molar-refractivity contribution < 1.29 is 38.9 Å². The van der Waals surface area contributed by atoms with Crippen LogP contribution in [0.4, 0.5) is 0 Å². The second-order valence-electron chi connectivity index (χ2n) is 4.93. The van der Waals surface area contributed by atoms with Gasteiger partial charge in [-0.2, -0.15) is 0 Å². The Labute approximate surface area is 160 Å². The van der Waals surface area contributed by atoms with Gasteiger partial charge in [0.25, 0.3) is 0 Å². The summed E-state index contributed by atoms with van der Waals surface area (Å²) in [6.45, 7) is 11.2. The average molecular weight is 392 g/mol. The molecule has 2 amide bonds. The number of morpholine rings is 2. The Balaban J connectivity index is 0. The fourth-order valence-corrected chi connectivity index (χ4v) is 2.04. The van der Waals surface area contributed by atoms with E-state index >= 15 is 0 Å². The van der Waals surface area contributed by atoms with Gasteiger partial charge in [0.15, 0.2) is 12.1 Å². The third kappa shape index (κ3) is 10.5. The molecule has 0 aromatic heterocycles. The topological polar surface area (TPSA) is 134 Å². The van der Waals surface area contributed by atoms with E-state index in [1.165, 1.54) is 16.7 Å². The quantitative estimate of drug-likeness (QED) is 0.655. The van der Waals surface area contributed by atoms with Crippen molar-refractivity contribution >= 4 is 24.3 Å². The average Bonchev–Trinajstić information content (AvgIpc) is 2.71. The van der Waals surface area contributed by atoms with Gasteiger partial charge < -0.3 is 29.5 Å². The normalized spacial score (nSPS) is 21.1. The summed E-state index contributed by atoms with van der Waals surface area (Å²) < 4.78 is 9.82. The summed E-state index contributed by atoms with van der Waals surface area (Å²) in [5.74, 6) is -2.14. The van der Waals surface area contributed by atoms with E-state index in [9.17, 15) is 19.2 Å². The minimum Gasteiger partial charge on any atom is -0.480 e. The molecule has 0 spiro atoms. The van der Waals surface area contributed by atoms with Gasteiger partial charge in [-0.05, 0) is 0 Å². The molecule has 0 aromatic carbocycles. The summed E-state index contributed by atoms with van der Waals surface area (Å²) >= 11 is 0. The zero-order chi connectivity index (χ0) is 21.4. The Bertz CT molecular complexity index is 438. The highest BCUT2D eigenvalue weighted by molar-refractivity contribution is 5.77. The summed E-state index contributed by atoms with van der Waals surface area (Å²) in [4.78, 5) is 44.7. The molecule has 158 valence electrons. The third-order valence-corrected chi connectivity index (χ3v) is 3.38. The van der Waals surface area contributed by atoms with Crippen LogP contribution in [0.25, 0.3) is 0 Å². The zero-order valence-corrected chi connectivity index (χ0v) is 16.7. The highest BCUT2D eigenvalue weighted by atomic mass is 16.5. The van der Waals surface area contributed by atoms with Gasteiger partial charge in [-0.25, -0.2) is 9.59 Å². The van der Waals surface area contributed by atoms with Crippen LogP contribution in [0, 0.1) is 0 Å². The Morgan fingerprint density at radius 3 is 2.00 bits per heavy atom. The molecule has 0 saturated carbocycles. The SMILES string of the molecule is CC.CC.CC(=O)N1CCOC(C(=O)O)C1.O=CN1CCOCC1C(=O)O. The Kier molecular flexibility index (Phi) is 16.0. The molecule has 2 fully saturated rings. The maximum Gasteiger partial charge on any atom is 0.334 e. The second-order valence-corrected chi connectivity index (χ2v) is 4.93. The van der Waals surface area contributed by atoms with Gasteiger partial charge in [0.1, 0.15) is 0 Å². The Morgan fingerprint density at radius 1 is 1.00 bits per heavy atom. The first-order chi connectivity index (χ1) is 12.9.